The zero-order chi connectivity index (χ0) is 23.1. The first-order chi connectivity index (χ1) is 15.9. The molecule has 0 atom stereocenters. The van der Waals surface area contributed by atoms with Crippen LogP contribution in [0.15, 0.2) is 30.3 Å². The number of carbonyl (C=O) groups is 2. The van der Waals surface area contributed by atoms with Gasteiger partial charge in [0.2, 0.25) is 0 Å². The lowest BCUT2D eigenvalue weighted by Crippen LogP contribution is -2.56. The van der Waals surface area contributed by atoms with E-state index in [0.29, 0.717) is 38.0 Å². The first-order valence-corrected chi connectivity index (χ1v) is 12.8. The lowest BCUT2D eigenvalue weighted by Gasteiger charge is -2.51. The van der Waals surface area contributed by atoms with Gasteiger partial charge in [0.15, 0.2) is 5.78 Å². The maximum absolute atomic E-state index is 13.6. The van der Waals surface area contributed by atoms with Crippen molar-refractivity contribution in [3.05, 3.63) is 35.9 Å². The van der Waals surface area contributed by atoms with Crippen molar-refractivity contribution < 1.29 is 14.3 Å². The quantitative estimate of drug-likeness (QED) is 0.599. The van der Waals surface area contributed by atoms with Crippen molar-refractivity contribution in [3.63, 3.8) is 0 Å². The third-order valence-corrected chi connectivity index (χ3v) is 8.99. The normalized spacial score (nSPS) is 30.7. The van der Waals surface area contributed by atoms with Crippen molar-refractivity contribution in [1.29, 1.82) is 0 Å². The van der Waals surface area contributed by atoms with Gasteiger partial charge in [-0.2, -0.15) is 0 Å². The second-order valence-electron chi connectivity index (χ2n) is 11.2. The number of benzene rings is 1. The van der Waals surface area contributed by atoms with Crippen LogP contribution < -0.4 is 0 Å². The molecule has 33 heavy (non-hydrogen) atoms. The minimum atomic E-state index is -0.138. The molecule has 2 aliphatic heterocycles. The molecule has 180 valence electrons. The monoisotopic (exact) mass is 453 g/mol. The summed E-state index contributed by atoms with van der Waals surface area (Å²) in [6, 6.07) is 10.9. The van der Waals surface area contributed by atoms with Gasteiger partial charge in [-0.1, -0.05) is 36.8 Å². The molecule has 6 nitrogen and oxygen atoms in total. The molecule has 0 bridgehead atoms. The van der Waals surface area contributed by atoms with Crippen LogP contribution in [-0.4, -0.2) is 79.0 Å². The molecule has 4 aliphatic rings. The number of amides is 2. The average molecular weight is 454 g/mol. The number of carbonyl (C=O) groups excluding carboxylic acids is 2. The van der Waals surface area contributed by atoms with Crippen LogP contribution in [0.1, 0.15) is 56.9 Å². The summed E-state index contributed by atoms with van der Waals surface area (Å²) in [6.07, 6.45) is 8.30. The first kappa shape index (κ1) is 22.9. The Labute approximate surface area is 198 Å². The highest BCUT2D eigenvalue weighted by Crippen LogP contribution is 2.49. The summed E-state index contributed by atoms with van der Waals surface area (Å²) in [5, 5.41) is 0. The molecule has 1 aromatic carbocycles. The molecular weight excluding hydrogens is 414 g/mol. The molecule has 0 unspecified atom stereocenters. The van der Waals surface area contributed by atoms with Gasteiger partial charge >= 0.3 is 6.03 Å². The lowest BCUT2D eigenvalue weighted by atomic mass is 9.68. The van der Waals surface area contributed by atoms with Gasteiger partial charge < -0.3 is 14.5 Å². The van der Waals surface area contributed by atoms with E-state index in [1.54, 1.807) is 0 Å². The van der Waals surface area contributed by atoms with E-state index in [4.69, 9.17) is 4.74 Å². The first-order valence-electron chi connectivity index (χ1n) is 12.8. The minimum absolute atomic E-state index is 0.00512. The molecule has 2 saturated heterocycles. The number of nitrogens with zero attached hydrogens (tertiary/aromatic N) is 3. The fourth-order valence-corrected chi connectivity index (χ4v) is 6.51. The predicted molar refractivity (Wildman–Crippen MR) is 128 cm³/mol. The van der Waals surface area contributed by atoms with Gasteiger partial charge in [0.25, 0.3) is 0 Å². The third kappa shape index (κ3) is 4.21. The van der Waals surface area contributed by atoms with Crippen LogP contribution in [-0.2, 0) is 15.1 Å². The van der Waals surface area contributed by atoms with Crippen LogP contribution in [0, 0.1) is 11.8 Å². The summed E-state index contributed by atoms with van der Waals surface area (Å²) in [5.41, 5.74) is 1.24. The Balaban J connectivity index is 1.34. The molecule has 2 aliphatic carbocycles. The van der Waals surface area contributed by atoms with Crippen LogP contribution in [0.4, 0.5) is 4.79 Å². The van der Waals surface area contributed by atoms with Crippen LogP contribution >= 0.6 is 0 Å². The van der Waals surface area contributed by atoms with Crippen LogP contribution in [0.2, 0.25) is 0 Å². The van der Waals surface area contributed by atoms with Crippen molar-refractivity contribution >= 4 is 11.8 Å². The van der Waals surface area contributed by atoms with E-state index < -0.39 is 0 Å². The molecule has 6 heteroatoms. The van der Waals surface area contributed by atoms with Gasteiger partial charge in [0.1, 0.15) is 0 Å². The van der Waals surface area contributed by atoms with E-state index in [2.05, 4.69) is 54.2 Å². The summed E-state index contributed by atoms with van der Waals surface area (Å²) in [5.74, 6) is 1.15. The number of rotatable bonds is 8. The van der Waals surface area contributed by atoms with Crippen LogP contribution in [0.3, 0.4) is 0 Å². The van der Waals surface area contributed by atoms with Gasteiger partial charge in [0, 0.05) is 31.0 Å². The van der Waals surface area contributed by atoms with E-state index in [0.717, 1.165) is 32.2 Å². The molecule has 0 N–H and O–H groups in total. The fourth-order valence-electron chi connectivity index (χ4n) is 6.51. The van der Waals surface area contributed by atoms with Crippen molar-refractivity contribution in [2.75, 3.05) is 46.9 Å². The molecule has 0 radical (unpaired) electrons. The highest BCUT2D eigenvalue weighted by atomic mass is 16.5. The molecule has 4 fully saturated rings. The number of hydrogen-bond acceptors (Lipinski definition) is 4. The van der Waals surface area contributed by atoms with E-state index in [1.807, 2.05) is 4.90 Å². The van der Waals surface area contributed by atoms with E-state index in [1.165, 1.54) is 24.8 Å². The number of ketones is 1. The number of Topliss-reactive ketones (excluding diaryl/α,β-unsaturated/α-hetero) is 1. The Hall–Kier alpha value is -1.92. The van der Waals surface area contributed by atoms with Crippen molar-refractivity contribution in [2.24, 2.45) is 11.8 Å². The fraction of sp³-hybridized carbons (Fsp3) is 0.704. The molecular formula is C27H39N3O3. The molecule has 1 aromatic rings. The van der Waals surface area contributed by atoms with Crippen molar-refractivity contribution in [2.45, 2.75) is 62.4 Å². The maximum atomic E-state index is 13.6. The Morgan fingerprint density at radius 1 is 1.06 bits per heavy atom. The summed E-state index contributed by atoms with van der Waals surface area (Å²) >= 11 is 0. The second-order valence-corrected chi connectivity index (χ2v) is 11.2. The molecule has 2 amide bonds. The zero-order valence-electron chi connectivity index (χ0n) is 20.3. The highest BCUT2D eigenvalue weighted by Gasteiger charge is 2.55. The molecule has 5 rings (SSSR count). The average Bonchev–Trinajstić information content (AvgIpc) is 2.99. The van der Waals surface area contributed by atoms with E-state index >= 15 is 0 Å². The Morgan fingerprint density at radius 3 is 2.30 bits per heavy atom. The Bertz CT molecular complexity index is 855. The lowest BCUT2D eigenvalue weighted by molar-refractivity contribution is -0.124. The van der Waals surface area contributed by atoms with Gasteiger partial charge in [0.05, 0.1) is 25.3 Å². The zero-order valence-corrected chi connectivity index (χ0v) is 20.3. The van der Waals surface area contributed by atoms with Gasteiger partial charge in [-0.05, 0) is 64.1 Å². The van der Waals surface area contributed by atoms with E-state index in [-0.39, 0.29) is 29.4 Å². The number of hydrogen-bond donors (Lipinski definition) is 0. The Kier molecular flexibility index (Phi) is 6.25. The topological polar surface area (TPSA) is 53.1 Å². The number of ether oxygens (including phenoxy) is 1. The summed E-state index contributed by atoms with van der Waals surface area (Å²) in [7, 11) is 4.37. The summed E-state index contributed by atoms with van der Waals surface area (Å²) < 4.78 is 5.23. The number of urea groups is 1. The van der Waals surface area contributed by atoms with Gasteiger partial charge in [-0.15, -0.1) is 0 Å². The largest absolute Gasteiger partial charge is 0.381 e. The van der Waals surface area contributed by atoms with Crippen LogP contribution in [0.25, 0.3) is 0 Å². The smallest absolute Gasteiger partial charge is 0.321 e. The standard InChI is InChI=1S/C27H39N3O3/c1-28(2)27(23-9-4-3-5-10-23)13-11-26(12-14-27)20-29(17-24(31)15-22-18-33-19-22)25(32)30(26)16-21-7-6-8-21/h3-5,9-10,21-22H,6-8,11-20H2,1-2H3. The Morgan fingerprint density at radius 2 is 1.76 bits per heavy atom. The molecule has 0 aromatic heterocycles. The van der Waals surface area contributed by atoms with Gasteiger partial charge in [-0.25, -0.2) is 4.79 Å². The van der Waals surface area contributed by atoms with Crippen molar-refractivity contribution in [1.82, 2.24) is 14.7 Å². The summed E-state index contributed by atoms with van der Waals surface area (Å²) in [6.45, 7) is 3.19. The predicted octanol–water partition coefficient (Wildman–Crippen LogP) is 3.90. The molecule has 1 spiro atoms. The van der Waals surface area contributed by atoms with Crippen LogP contribution in [0.5, 0.6) is 0 Å². The van der Waals surface area contributed by atoms with E-state index in [9.17, 15) is 9.59 Å². The van der Waals surface area contributed by atoms with Gasteiger partial charge in [-0.3, -0.25) is 9.69 Å². The van der Waals surface area contributed by atoms with Crippen molar-refractivity contribution in [3.8, 4) is 0 Å². The highest BCUT2D eigenvalue weighted by molar-refractivity contribution is 5.87. The molecule has 2 saturated carbocycles. The maximum Gasteiger partial charge on any atom is 0.321 e. The second kappa shape index (κ2) is 9.03. The molecule has 2 heterocycles. The SMILES string of the molecule is CN(C)C1(c2ccccc2)CCC2(CC1)CN(CC(=O)CC1COC1)C(=O)N2CC1CCC1. The third-order valence-electron chi connectivity index (χ3n) is 8.99. The minimum Gasteiger partial charge on any atom is -0.381 e. The summed E-state index contributed by atoms with van der Waals surface area (Å²) in [4.78, 5) is 32.7.